The van der Waals surface area contributed by atoms with Crippen LogP contribution in [-0.2, 0) is 16.6 Å². The summed E-state index contributed by atoms with van der Waals surface area (Å²) >= 11 is 1.46. The second-order valence-electron chi connectivity index (χ2n) is 4.86. The maximum atomic E-state index is 12.9. The molecule has 0 aliphatic carbocycles. The molecule has 2 aromatic rings. The maximum Gasteiger partial charge on any atom is 0.245 e. The fraction of sp³-hybridized carbons (Fsp3) is 0.429. The summed E-state index contributed by atoms with van der Waals surface area (Å²) in [5.74, 6) is 0. The third kappa shape index (κ3) is 2.48. The molecule has 0 spiro atoms. The highest BCUT2D eigenvalue weighted by atomic mass is 32.2. The highest BCUT2D eigenvalue weighted by molar-refractivity contribution is 7.89. The summed E-state index contributed by atoms with van der Waals surface area (Å²) in [5.41, 5.74) is 5.76. The first-order chi connectivity index (χ1) is 9.43. The first-order valence-electron chi connectivity index (χ1n) is 6.65. The van der Waals surface area contributed by atoms with Crippen molar-refractivity contribution in [2.75, 3.05) is 6.54 Å². The van der Waals surface area contributed by atoms with E-state index in [-0.39, 0.29) is 12.6 Å². The van der Waals surface area contributed by atoms with Crippen molar-refractivity contribution in [2.45, 2.75) is 38.3 Å². The van der Waals surface area contributed by atoms with Crippen molar-refractivity contribution in [2.24, 2.45) is 5.73 Å². The highest BCUT2D eigenvalue weighted by Gasteiger charge is 2.30. The monoisotopic (exact) mass is 312 g/mol. The van der Waals surface area contributed by atoms with Gasteiger partial charge in [-0.25, -0.2) is 8.42 Å². The third-order valence-electron chi connectivity index (χ3n) is 3.26. The van der Waals surface area contributed by atoms with Crippen LogP contribution in [-0.4, -0.2) is 25.3 Å². The summed E-state index contributed by atoms with van der Waals surface area (Å²) < 4.78 is 28.4. The van der Waals surface area contributed by atoms with E-state index in [0.29, 0.717) is 11.4 Å². The first-order valence-corrected chi connectivity index (χ1v) is 8.91. The first kappa shape index (κ1) is 15.4. The van der Waals surface area contributed by atoms with E-state index in [1.165, 1.54) is 15.6 Å². The predicted molar refractivity (Wildman–Crippen MR) is 84.4 cm³/mol. The number of benzene rings is 1. The minimum atomic E-state index is -3.51. The maximum absolute atomic E-state index is 12.9. The largest absolute Gasteiger partial charge is 0.326 e. The second-order valence-corrected chi connectivity index (χ2v) is 7.82. The number of fused-ring (bicyclic) bond motifs is 1. The Labute approximate surface area is 124 Å². The van der Waals surface area contributed by atoms with Crippen LogP contribution in [0.1, 0.15) is 25.6 Å². The van der Waals surface area contributed by atoms with Crippen molar-refractivity contribution in [1.29, 1.82) is 0 Å². The van der Waals surface area contributed by atoms with E-state index < -0.39 is 10.0 Å². The lowest BCUT2D eigenvalue weighted by atomic mass is 10.2. The Morgan fingerprint density at radius 1 is 1.30 bits per heavy atom. The van der Waals surface area contributed by atoms with E-state index >= 15 is 0 Å². The van der Waals surface area contributed by atoms with E-state index in [4.69, 9.17) is 5.73 Å². The fourth-order valence-corrected chi connectivity index (χ4v) is 5.86. The number of nitrogens with zero attached hydrogens (tertiary/aromatic N) is 1. The summed E-state index contributed by atoms with van der Waals surface area (Å²) in [7, 11) is -3.51. The number of sulfonamides is 1. The Morgan fingerprint density at radius 2 is 1.95 bits per heavy atom. The zero-order chi connectivity index (χ0) is 14.9. The normalized spacial score (nSPS) is 12.7. The number of hydrogen-bond donors (Lipinski definition) is 1. The van der Waals surface area contributed by atoms with Crippen LogP contribution in [0.15, 0.2) is 29.2 Å². The summed E-state index contributed by atoms with van der Waals surface area (Å²) in [4.78, 5) is 1.11. The number of thiophene rings is 1. The zero-order valence-electron chi connectivity index (χ0n) is 12.0. The molecule has 0 amide bonds. The van der Waals surface area contributed by atoms with Gasteiger partial charge in [0.25, 0.3) is 0 Å². The van der Waals surface area contributed by atoms with Crippen molar-refractivity contribution in [3.8, 4) is 0 Å². The number of rotatable bonds is 5. The molecule has 0 bridgehead atoms. The van der Waals surface area contributed by atoms with Crippen LogP contribution in [0.5, 0.6) is 0 Å². The molecule has 0 aliphatic rings. The van der Waals surface area contributed by atoms with Gasteiger partial charge in [-0.05, 0) is 19.9 Å². The summed E-state index contributed by atoms with van der Waals surface area (Å²) in [6.07, 6.45) is 0. The molecule has 0 aliphatic heterocycles. The minimum Gasteiger partial charge on any atom is -0.326 e. The molecular formula is C14H20N2O2S2. The average Bonchev–Trinajstić information content (AvgIpc) is 2.77. The van der Waals surface area contributed by atoms with Gasteiger partial charge in [0.15, 0.2) is 0 Å². The van der Waals surface area contributed by atoms with E-state index in [1.807, 2.05) is 45.0 Å². The molecule has 0 saturated heterocycles. The van der Waals surface area contributed by atoms with Gasteiger partial charge in [-0.1, -0.05) is 25.1 Å². The Hall–Kier alpha value is -0.950. The van der Waals surface area contributed by atoms with E-state index in [1.54, 1.807) is 0 Å². The van der Waals surface area contributed by atoms with Gasteiger partial charge in [-0.15, -0.1) is 11.3 Å². The lowest BCUT2D eigenvalue weighted by Crippen LogP contribution is -2.37. The molecule has 110 valence electrons. The van der Waals surface area contributed by atoms with Crippen molar-refractivity contribution >= 4 is 31.4 Å². The molecule has 0 radical (unpaired) electrons. The SMILES string of the molecule is CCN(C(C)C)S(=O)(=O)c1c(CN)sc2ccccc12. The quantitative estimate of drug-likeness (QED) is 0.923. The van der Waals surface area contributed by atoms with Crippen molar-refractivity contribution in [3.05, 3.63) is 29.1 Å². The number of nitrogens with two attached hydrogens (primary N) is 1. The van der Waals surface area contributed by atoms with Crippen LogP contribution in [0, 0.1) is 0 Å². The lowest BCUT2D eigenvalue weighted by molar-refractivity contribution is 0.369. The van der Waals surface area contributed by atoms with Crippen molar-refractivity contribution < 1.29 is 8.42 Å². The Morgan fingerprint density at radius 3 is 2.50 bits per heavy atom. The van der Waals surface area contributed by atoms with Crippen LogP contribution in [0.4, 0.5) is 0 Å². The minimum absolute atomic E-state index is 0.0747. The standard InChI is InChI=1S/C14H20N2O2S2/c1-4-16(10(2)3)20(17,18)14-11-7-5-6-8-12(11)19-13(14)9-15/h5-8,10H,4,9,15H2,1-3H3. The highest BCUT2D eigenvalue weighted by Crippen LogP contribution is 2.36. The van der Waals surface area contributed by atoms with Crippen LogP contribution in [0.3, 0.4) is 0 Å². The van der Waals surface area contributed by atoms with Gasteiger partial charge < -0.3 is 5.73 Å². The van der Waals surface area contributed by atoms with Gasteiger partial charge in [0.2, 0.25) is 10.0 Å². The van der Waals surface area contributed by atoms with Gasteiger partial charge in [-0.2, -0.15) is 4.31 Å². The lowest BCUT2D eigenvalue weighted by Gasteiger charge is -2.24. The van der Waals surface area contributed by atoms with Gasteiger partial charge in [0.05, 0.1) is 0 Å². The molecule has 4 nitrogen and oxygen atoms in total. The molecule has 1 heterocycles. The molecular weight excluding hydrogens is 292 g/mol. The molecule has 20 heavy (non-hydrogen) atoms. The van der Waals surface area contributed by atoms with Gasteiger partial charge >= 0.3 is 0 Å². The van der Waals surface area contributed by atoms with Gasteiger partial charge in [-0.3, -0.25) is 0 Å². The van der Waals surface area contributed by atoms with E-state index in [2.05, 4.69) is 0 Å². The molecule has 1 aromatic heterocycles. The van der Waals surface area contributed by atoms with Gasteiger partial charge in [0.1, 0.15) is 4.90 Å². The summed E-state index contributed by atoms with van der Waals surface area (Å²) in [6, 6.07) is 7.49. The van der Waals surface area contributed by atoms with E-state index in [0.717, 1.165) is 15.0 Å². The number of hydrogen-bond acceptors (Lipinski definition) is 4. The fourth-order valence-electron chi connectivity index (χ4n) is 2.42. The molecule has 6 heteroatoms. The van der Waals surface area contributed by atoms with Crippen molar-refractivity contribution in [3.63, 3.8) is 0 Å². The molecule has 0 atom stereocenters. The van der Waals surface area contributed by atoms with Crippen LogP contribution in [0.25, 0.3) is 10.1 Å². The van der Waals surface area contributed by atoms with E-state index in [9.17, 15) is 8.42 Å². The summed E-state index contributed by atoms with van der Waals surface area (Å²) in [5, 5.41) is 0.775. The predicted octanol–water partition coefficient (Wildman–Crippen LogP) is 2.78. The molecule has 1 aromatic carbocycles. The van der Waals surface area contributed by atoms with Crippen LogP contribution >= 0.6 is 11.3 Å². The molecule has 2 N–H and O–H groups in total. The Kier molecular flexibility index (Phi) is 4.49. The van der Waals surface area contributed by atoms with Crippen LogP contribution < -0.4 is 5.73 Å². The second kappa shape index (κ2) is 5.81. The molecule has 0 fully saturated rings. The molecule has 0 unspecified atom stereocenters. The molecule has 2 rings (SSSR count). The average molecular weight is 312 g/mol. The van der Waals surface area contributed by atoms with Crippen molar-refractivity contribution in [1.82, 2.24) is 4.31 Å². The Bertz CT molecular complexity index is 705. The molecule has 0 saturated carbocycles. The topological polar surface area (TPSA) is 63.4 Å². The van der Waals surface area contributed by atoms with Crippen LogP contribution in [0.2, 0.25) is 0 Å². The Balaban J connectivity index is 2.73. The third-order valence-corrected chi connectivity index (χ3v) is 6.86. The zero-order valence-corrected chi connectivity index (χ0v) is 13.6. The van der Waals surface area contributed by atoms with Gasteiger partial charge in [0, 0.05) is 34.1 Å². The summed E-state index contributed by atoms with van der Waals surface area (Å²) in [6.45, 7) is 6.32. The smallest absolute Gasteiger partial charge is 0.245 e.